The number of nitrogens with one attached hydrogen (secondary N) is 1. The highest BCUT2D eigenvalue weighted by atomic mass is 32.2. The number of benzene rings is 1. The lowest BCUT2D eigenvalue weighted by atomic mass is 10.1. The molecule has 1 amide bonds. The molecule has 0 aromatic heterocycles. The molecule has 1 aliphatic rings. The Hall–Kier alpha value is -1.40. The van der Waals surface area contributed by atoms with Crippen molar-refractivity contribution >= 4 is 16.0 Å². The highest BCUT2D eigenvalue weighted by Gasteiger charge is 2.27. The maximum absolute atomic E-state index is 11.6. The molecule has 1 atom stereocenters. The molecule has 0 aliphatic carbocycles. The van der Waals surface area contributed by atoms with Crippen LogP contribution in [0.4, 0.5) is 0 Å². The maximum Gasteiger partial charge on any atom is 0.297 e. The average molecular weight is 241 g/mol. The molecule has 2 rings (SSSR count). The van der Waals surface area contributed by atoms with Gasteiger partial charge in [-0.05, 0) is 12.1 Å². The van der Waals surface area contributed by atoms with Crippen LogP contribution < -0.4 is 5.32 Å². The Balaban J connectivity index is 1.96. The molecule has 0 spiro atoms. The second-order valence-corrected chi connectivity index (χ2v) is 5.14. The van der Waals surface area contributed by atoms with E-state index in [0.29, 0.717) is 6.42 Å². The van der Waals surface area contributed by atoms with E-state index >= 15 is 0 Å². The fourth-order valence-electron chi connectivity index (χ4n) is 1.36. The molecule has 6 heteroatoms. The number of amides is 1. The second kappa shape index (κ2) is 4.23. The third-order valence-electron chi connectivity index (χ3n) is 2.25. The lowest BCUT2D eigenvalue weighted by Gasteiger charge is -2.25. The Morgan fingerprint density at radius 3 is 2.50 bits per heavy atom. The molecular weight excluding hydrogens is 230 g/mol. The van der Waals surface area contributed by atoms with Gasteiger partial charge in [-0.1, -0.05) is 18.2 Å². The summed E-state index contributed by atoms with van der Waals surface area (Å²) < 4.78 is 28.1. The second-order valence-electron chi connectivity index (χ2n) is 3.52. The predicted octanol–water partition coefficient (Wildman–Crippen LogP) is 0.280. The van der Waals surface area contributed by atoms with E-state index in [2.05, 4.69) is 5.32 Å². The molecule has 1 N–H and O–H groups in total. The molecule has 1 heterocycles. The SMILES string of the molecule is O=C1C[C@@H](COS(=O)(=O)c2ccccc2)N1. The Kier molecular flexibility index (Phi) is 2.93. The Labute approximate surface area is 93.5 Å². The quantitative estimate of drug-likeness (QED) is 0.607. The molecule has 16 heavy (non-hydrogen) atoms. The van der Waals surface area contributed by atoms with Crippen LogP contribution in [0.2, 0.25) is 0 Å². The zero-order valence-corrected chi connectivity index (χ0v) is 9.24. The van der Waals surface area contributed by atoms with Gasteiger partial charge in [0.05, 0.1) is 17.5 Å². The minimum Gasteiger partial charge on any atom is -0.350 e. The van der Waals surface area contributed by atoms with E-state index in [4.69, 9.17) is 4.18 Å². The van der Waals surface area contributed by atoms with Crippen molar-refractivity contribution in [3.63, 3.8) is 0 Å². The van der Waals surface area contributed by atoms with E-state index < -0.39 is 10.1 Å². The molecule has 1 aliphatic heterocycles. The normalized spacial score (nSPS) is 20.0. The van der Waals surface area contributed by atoms with Crippen molar-refractivity contribution in [1.82, 2.24) is 5.32 Å². The molecule has 0 bridgehead atoms. The molecule has 1 fully saturated rings. The van der Waals surface area contributed by atoms with E-state index in [1.807, 2.05) is 0 Å². The lowest BCUT2D eigenvalue weighted by Crippen LogP contribution is -2.51. The van der Waals surface area contributed by atoms with E-state index in [9.17, 15) is 13.2 Å². The number of carbonyl (C=O) groups is 1. The van der Waals surface area contributed by atoms with E-state index in [1.54, 1.807) is 18.2 Å². The monoisotopic (exact) mass is 241 g/mol. The number of β-lactam (4-membered cyclic amide) rings is 1. The Morgan fingerprint density at radius 1 is 1.31 bits per heavy atom. The zero-order chi connectivity index (χ0) is 11.6. The largest absolute Gasteiger partial charge is 0.350 e. The first-order chi connectivity index (χ1) is 7.58. The van der Waals surface area contributed by atoms with Gasteiger partial charge in [0, 0.05) is 6.42 Å². The van der Waals surface area contributed by atoms with Crippen LogP contribution in [0, 0.1) is 0 Å². The van der Waals surface area contributed by atoms with Gasteiger partial charge in [-0.2, -0.15) is 8.42 Å². The molecular formula is C10H11NO4S. The third-order valence-corrected chi connectivity index (χ3v) is 3.55. The van der Waals surface area contributed by atoms with Crippen LogP contribution >= 0.6 is 0 Å². The third kappa shape index (κ3) is 2.40. The van der Waals surface area contributed by atoms with Crippen LogP contribution in [0.5, 0.6) is 0 Å². The van der Waals surface area contributed by atoms with E-state index in [1.165, 1.54) is 12.1 Å². The molecule has 1 aromatic carbocycles. The van der Waals surface area contributed by atoms with Gasteiger partial charge in [0.2, 0.25) is 5.91 Å². The van der Waals surface area contributed by atoms with Gasteiger partial charge in [0.1, 0.15) is 0 Å². The first kappa shape index (κ1) is 11.1. The van der Waals surface area contributed by atoms with Crippen LogP contribution in [0.3, 0.4) is 0 Å². The minimum atomic E-state index is -3.70. The van der Waals surface area contributed by atoms with Crippen molar-refractivity contribution in [1.29, 1.82) is 0 Å². The smallest absolute Gasteiger partial charge is 0.297 e. The standard InChI is InChI=1S/C10H11NO4S/c12-10-6-8(11-10)7-15-16(13,14)9-4-2-1-3-5-9/h1-5,8H,6-7H2,(H,11,12)/t8-/m0/s1. The van der Waals surface area contributed by atoms with Gasteiger partial charge in [-0.25, -0.2) is 0 Å². The van der Waals surface area contributed by atoms with Crippen molar-refractivity contribution in [3.05, 3.63) is 30.3 Å². The first-order valence-electron chi connectivity index (χ1n) is 4.82. The number of carbonyl (C=O) groups excluding carboxylic acids is 1. The van der Waals surface area contributed by atoms with Crippen LogP contribution in [0.1, 0.15) is 6.42 Å². The lowest BCUT2D eigenvalue weighted by molar-refractivity contribution is -0.128. The van der Waals surface area contributed by atoms with Gasteiger partial charge >= 0.3 is 0 Å². The summed E-state index contributed by atoms with van der Waals surface area (Å²) in [6.45, 7) is -0.0109. The zero-order valence-electron chi connectivity index (χ0n) is 8.42. The molecule has 5 nitrogen and oxygen atoms in total. The highest BCUT2D eigenvalue weighted by Crippen LogP contribution is 2.13. The van der Waals surface area contributed by atoms with Crippen LogP contribution in [0.25, 0.3) is 0 Å². The topological polar surface area (TPSA) is 72.5 Å². The number of hydrogen-bond donors (Lipinski definition) is 1. The summed E-state index contributed by atoms with van der Waals surface area (Å²) >= 11 is 0. The summed E-state index contributed by atoms with van der Waals surface area (Å²) in [4.78, 5) is 10.7. The molecule has 0 radical (unpaired) electrons. The molecule has 1 aromatic rings. The van der Waals surface area contributed by atoms with Crippen molar-refractivity contribution in [2.45, 2.75) is 17.4 Å². The van der Waals surface area contributed by atoms with Crippen molar-refractivity contribution in [3.8, 4) is 0 Å². The van der Waals surface area contributed by atoms with Crippen LogP contribution in [0.15, 0.2) is 35.2 Å². The molecule has 1 saturated heterocycles. The summed E-state index contributed by atoms with van der Waals surface area (Å²) in [6, 6.07) is 7.73. The predicted molar refractivity (Wildman–Crippen MR) is 56.1 cm³/mol. The Bertz CT molecular complexity index is 475. The van der Waals surface area contributed by atoms with Gasteiger partial charge < -0.3 is 5.32 Å². The number of rotatable bonds is 4. The maximum atomic E-state index is 11.6. The summed E-state index contributed by atoms with van der Waals surface area (Å²) in [6.07, 6.45) is 0.324. The summed E-state index contributed by atoms with van der Waals surface area (Å²) in [5, 5.41) is 2.54. The highest BCUT2D eigenvalue weighted by molar-refractivity contribution is 7.86. The molecule has 0 unspecified atom stereocenters. The summed E-state index contributed by atoms with van der Waals surface area (Å²) in [5.74, 6) is -0.0780. The van der Waals surface area contributed by atoms with Gasteiger partial charge in [0.15, 0.2) is 0 Å². The van der Waals surface area contributed by atoms with Crippen LogP contribution in [-0.2, 0) is 19.1 Å². The van der Waals surface area contributed by atoms with Crippen LogP contribution in [-0.4, -0.2) is 27.0 Å². The molecule has 0 saturated carbocycles. The number of hydrogen-bond acceptors (Lipinski definition) is 4. The average Bonchev–Trinajstić information content (AvgIpc) is 2.24. The first-order valence-corrected chi connectivity index (χ1v) is 6.22. The summed E-state index contributed by atoms with van der Waals surface area (Å²) in [7, 11) is -3.70. The van der Waals surface area contributed by atoms with Gasteiger partial charge in [-0.3, -0.25) is 8.98 Å². The van der Waals surface area contributed by atoms with Gasteiger partial charge in [-0.15, -0.1) is 0 Å². The fourth-order valence-corrected chi connectivity index (χ4v) is 2.33. The Morgan fingerprint density at radius 2 is 1.94 bits per heavy atom. The van der Waals surface area contributed by atoms with E-state index in [-0.39, 0.29) is 23.5 Å². The van der Waals surface area contributed by atoms with Crippen molar-refractivity contribution < 1.29 is 17.4 Å². The van der Waals surface area contributed by atoms with Gasteiger partial charge in [0.25, 0.3) is 10.1 Å². The molecule has 86 valence electrons. The van der Waals surface area contributed by atoms with Crippen molar-refractivity contribution in [2.75, 3.05) is 6.61 Å². The fraction of sp³-hybridized carbons (Fsp3) is 0.300. The summed E-state index contributed by atoms with van der Waals surface area (Å²) in [5.41, 5.74) is 0. The minimum absolute atomic E-state index is 0.0109. The van der Waals surface area contributed by atoms with Crippen molar-refractivity contribution in [2.24, 2.45) is 0 Å². The van der Waals surface area contributed by atoms with E-state index in [0.717, 1.165) is 0 Å².